The number of rotatable bonds is 6. The molecule has 0 aliphatic carbocycles. The molecule has 1 aliphatic rings. The highest BCUT2D eigenvalue weighted by atomic mass is 32.1. The highest BCUT2D eigenvalue weighted by molar-refractivity contribution is 7.15. The minimum Gasteiger partial charge on any atom is -0.493 e. The Balaban J connectivity index is 1.32. The molecule has 0 amide bonds. The number of fused-ring (bicyclic) bond motifs is 1. The molecule has 5 rings (SSSR count). The lowest BCUT2D eigenvalue weighted by atomic mass is 10.1. The summed E-state index contributed by atoms with van der Waals surface area (Å²) in [4.78, 5) is 29.2. The van der Waals surface area contributed by atoms with Gasteiger partial charge in [0.1, 0.15) is 5.82 Å². The van der Waals surface area contributed by atoms with Crippen LogP contribution in [0.3, 0.4) is 0 Å². The van der Waals surface area contributed by atoms with E-state index in [9.17, 15) is 4.79 Å². The first-order valence-electron chi connectivity index (χ1n) is 10.7. The van der Waals surface area contributed by atoms with Gasteiger partial charge in [-0.05, 0) is 48.0 Å². The monoisotopic (exact) mass is 460 g/mol. The average molecular weight is 461 g/mol. The topological polar surface area (TPSA) is 80.3 Å². The van der Waals surface area contributed by atoms with Gasteiger partial charge < -0.3 is 14.5 Å². The third-order valence-corrected chi connectivity index (χ3v) is 6.93. The summed E-state index contributed by atoms with van der Waals surface area (Å²) >= 11 is 1.75. The maximum atomic E-state index is 12.8. The van der Waals surface area contributed by atoms with Gasteiger partial charge in [-0.1, -0.05) is 0 Å². The Morgan fingerprint density at radius 3 is 2.64 bits per heavy atom. The second-order valence-electron chi connectivity index (χ2n) is 7.87. The van der Waals surface area contributed by atoms with Crippen LogP contribution in [0.15, 0.2) is 59.7 Å². The van der Waals surface area contributed by atoms with Crippen molar-refractivity contribution in [3.63, 3.8) is 0 Å². The Bertz CT molecular complexity index is 1330. The average Bonchev–Trinajstić information content (AvgIpc) is 3.33. The zero-order valence-electron chi connectivity index (χ0n) is 18.5. The van der Waals surface area contributed by atoms with Crippen molar-refractivity contribution < 1.29 is 9.47 Å². The van der Waals surface area contributed by atoms with Crippen molar-refractivity contribution >= 4 is 11.3 Å². The summed E-state index contributed by atoms with van der Waals surface area (Å²) in [5, 5.41) is 0. The van der Waals surface area contributed by atoms with E-state index in [-0.39, 0.29) is 5.56 Å². The molecule has 0 unspecified atom stereocenters. The molecule has 1 aromatic carbocycles. The third kappa shape index (κ3) is 4.40. The van der Waals surface area contributed by atoms with Gasteiger partial charge in [-0.3, -0.25) is 14.7 Å². The summed E-state index contributed by atoms with van der Waals surface area (Å²) in [6.07, 6.45) is 4.16. The van der Waals surface area contributed by atoms with Crippen LogP contribution in [-0.4, -0.2) is 40.6 Å². The van der Waals surface area contributed by atoms with Crippen LogP contribution < -0.4 is 15.0 Å². The molecule has 0 spiro atoms. The fourth-order valence-electron chi connectivity index (χ4n) is 4.09. The molecule has 1 aliphatic heterocycles. The number of aromatic amines is 1. The minimum absolute atomic E-state index is 0.0614. The molecular weight excluding hydrogens is 436 g/mol. The lowest BCUT2D eigenvalue weighted by Crippen LogP contribution is -2.35. The Hall–Kier alpha value is -3.49. The van der Waals surface area contributed by atoms with Gasteiger partial charge in [0.2, 0.25) is 0 Å². The number of pyridine rings is 1. The number of ether oxygens (including phenoxy) is 2. The largest absolute Gasteiger partial charge is 0.493 e. The molecular formula is C25H24N4O3S. The number of benzene rings is 1. The van der Waals surface area contributed by atoms with Crippen molar-refractivity contribution in [2.75, 3.05) is 20.8 Å². The molecule has 1 N–H and O–H groups in total. The van der Waals surface area contributed by atoms with Crippen molar-refractivity contribution in [1.29, 1.82) is 0 Å². The van der Waals surface area contributed by atoms with Crippen LogP contribution in [0.4, 0.5) is 0 Å². The lowest BCUT2D eigenvalue weighted by Gasteiger charge is -2.27. The maximum absolute atomic E-state index is 12.8. The first kappa shape index (κ1) is 21.4. The molecule has 0 saturated heterocycles. The molecule has 7 nitrogen and oxygen atoms in total. The molecule has 8 heteroatoms. The Morgan fingerprint density at radius 1 is 1.03 bits per heavy atom. The standard InChI is InChI=1S/C25H24N4O3S/c1-31-21-5-3-17(13-22(21)32-2)23-6-4-18(33-23)14-29-12-9-20-19(15-29)25(30)28-24(27-20)16-7-10-26-11-8-16/h3-8,10-11,13H,9,12,14-15H2,1-2H3,(H,27,28,30). The summed E-state index contributed by atoms with van der Waals surface area (Å²) in [6, 6.07) is 14.0. The quantitative estimate of drug-likeness (QED) is 0.466. The van der Waals surface area contributed by atoms with Gasteiger partial charge in [0, 0.05) is 53.8 Å². The summed E-state index contributed by atoms with van der Waals surface area (Å²) in [7, 11) is 3.28. The third-order valence-electron chi connectivity index (χ3n) is 5.81. The Labute approximate surface area is 195 Å². The molecule has 0 bridgehead atoms. The summed E-state index contributed by atoms with van der Waals surface area (Å²) < 4.78 is 10.8. The molecule has 0 fully saturated rings. The lowest BCUT2D eigenvalue weighted by molar-refractivity contribution is 0.244. The minimum atomic E-state index is -0.0614. The van der Waals surface area contributed by atoms with Crippen LogP contribution in [0.1, 0.15) is 16.1 Å². The van der Waals surface area contributed by atoms with Gasteiger partial charge in [-0.2, -0.15) is 0 Å². The summed E-state index contributed by atoms with van der Waals surface area (Å²) in [6.45, 7) is 2.25. The number of nitrogens with one attached hydrogen (secondary N) is 1. The summed E-state index contributed by atoms with van der Waals surface area (Å²) in [5.41, 5.74) is 3.55. The molecule has 0 atom stereocenters. The second kappa shape index (κ2) is 9.17. The van der Waals surface area contributed by atoms with E-state index < -0.39 is 0 Å². The number of hydrogen-bond acceptors (Lipinski definition) is 7. The van der Waals surface area contributed by atoms with Gasteiger partial charge in [0.15, 0.2) is 11.5 Å². The maximum Gasteiger partial charge on any atom is 0.255 e. The van der Waals surface area contributed by atoms with Crippen molar-refractivity contribution in [2.24, 2.45) is 0 Å². The number of hydrogen-bond donors (Lipinski definition) is 1. The molecule has 0 saturated carbocycles. The van der Waals surface area contributed by atoms with E-state index in [1.54, 1.807) is 38.0 Å². The highest BCUT2D eigenvalue weighted by Gasteiger charge is 2.22. The molecule has 4 heterocycles. The number of aromatic nitrogens is 3. The van der Waals surface area contributed by atoms with Crippen molar-refractivity contribution in [3.8, 4) is 33.3 Å². The van der Waals surface area contributed by atoms with Crippen LogP contribution in [0.2, 0.25) is 0 Å². The second-order valence-corrected chi connectivity index (χ2v) is 9.04. The van der Waals surface area contributed by atoms with Gasteiger partial charge in [0.05, 0.1) is 25.5 Å². The van der Waals surface area contributed by atoms with Crippen LogP contribution in [0.5, 0.6) is 11.5 Å². The fraction of sp³-hybridized carbons (Fsp3) is 0.240. The fourth-order valence-corrected chi connectivity index (χ4v) is 5.14. The SMILES string of the molecule is COc1ccc(-c2ccc(CN3CCc4nc(-c5ccncc5)[nH]c(=O)c4C3)s2)cc1OC. The number of thiophene rings is 1. The Kier molecular flexibility index (Phi) is 5.93. The van der Waals surface area contributed by atoms with Gasteiger partial charge in [0.25, 0.3) is 5.56 Å². The molecule has 168 valence electrons. The summed E-state index contributed by atoms with van der Waals surface area (Å²) in [5.74, 6) is 2.04. The highest BCUT2D eigenvalue weighted by Crippen LogP contribution is 2.35. The van der Waals surface area contributed by atoms with E-state index in [1.165, 1.54) is 9.75 Å². The number of nitrogens with zero attached hydrogens (tertiary/aromatic N) is 3. The number of methoxy groups -OCH3 is 2. The van der Waals surface area contributed by atoms with Gasteiger partial charge in [-0.15, -0.1) is 11.3 Å². The van der Waals surface area contributed by atoms with Crippen molar-refractivity contribution in [2.45, 2.75) is 19.5 Å². The van der Waals surface area contributed by atoms with E-state index in [0.717, 1.165) is 53.4 Å². The normalized spacial score (nSPS) is 13.5. The first-order valence-corrected chi connectivity index (χ1v) is 11.5. The van der Waals surface area contributed by atoms with Gasteiger partial charge in [-0.25, -0.2) is 4.98 Å². The zero-order valence-corrected chi connectivity index (χ0v) is 19.3. The molecule has 33 heavy (non-hydrogen) atoms. The van der Waals surface area contributed by atoms with E-state index in [0.29, 0.717) is 12.4 Å². The van der Waals surface area contributed by atoms with E-state index in [2.05, 4.69) is 27.0 Å². The van der Waals surface area contributed by atoms with Crippen LogP contribution in [0, 0.1) is 0 Å². The molecule has 4 aromatic rings. The predicted octanol–water partition coefficient (Wildman–Crippen LogP) is 4.14. The van der Waals surface area contributed by atoms with E-state index in [4.69, 9.17) is 14.5 Å². The van der Waals surface area contributed by atoms with E-state index >= 15 is 0 Å². The van der Waals surface area contributed by atoms with E-state index in [1.807, 2.05) is 30.3 Å². The van der Waals surface area contributed by atoms with Crippen molar-refractivity contribution in [3.05, 3.63) is 81.3 Å². The van der Waals surface area contributed by atoms with Gasteiger partial charge >= 0.3 is 0 Å². The molecule has 3 aromatic heterocycles. The smallest absolute Gasteiger partial charge is 0.255 e. The van der Waals surface area contributed by atoms with Crippen LogP contribution >= 0.6 is 11.3 Å². The number of H-pyrrole nitrogens is 1. The first-order chi connectivity index (χ1) is 16.1. The predicted molar refractivity (Wildman–Crippen MR) is 129 cm³/mol. The zero-order chi connectivity index (χ0) is 22.8. The molecule has 0 radical (unpaired) electrons. The Morgan fingerprint density at radius 2 is 1.85 bits per heavy atom. The van der Waals surface area contributed by atoms with Crippen LogP contribution in [0.25, 0.3) is 21.8 Å². The van der Waals surface area contributed by atoms with Crippen LogP contribution in [-0.2, 0) is 19.5 Å². The van der Waals surface area contributed by atoms with Crippen molar-refractivity contribution in [1.82, 2.24) is 19.9 Å².